The number of nitrogens with zero attached hydrogens (tertiary/aromatic N) is 4. The number of methoxy groups -OCH3 is 2. The molecule has 0 atom stereocenters. The number of H-pyrrole nitrogens is 1. The molecule has 0 saturated carbocycles. The van der Waals surface area contributed by atoms with Crippen LogP contribution >= 0.6 is 11.8 Å². The quantitative estimate of drug-likeness (QED) is 0.185. The van der Waals surface area contributed by atoms with E-state index in [4.69, 9.17) is 9.47 Å². The van der Waals surface area contributed by atoms with E-state index < -0.39 is 11.2 Å². The molecule has 2 N–H and O–H groups in total. The molecule has 0 unspecified atom stereocenters. The van der Waals surface area contributed by atoms with Gasteiger partial charge in [0.1, 0.15) is 11.5 Å². The fraction of sp³-hybridized carbons (Fsp3) is 0.240. The van der Waals surface area contributed by atoms with Crippen LogP contribution in [0.2, 0.25) is 0 Å². The van der Waals surface area contributed by atoms with Gasteiger partial charge in [-0.1, -0.05) is 42.1 Å². The van der Waals surface area contributed by atoms with Gasteiger partial charge in [-0.15, -0.1) is 0 Å². The van der Waals surface area contributed by atoms with Gasteiger partial charge in [-0.25, -0.2) is 15.2 Å². The molecule has 1 amide bonds. The van der Waals surface area contributed by atoms with Crippen molar-refractivity contribution in [3.8, 4) is 11.5 Å². The molecule has 4 rings (SSSR count). The zero-order chi connectivity index (χ0) is 26.4. The van der Waals surface area contributed by atoms with Crippen molar-refractivity contribution >= 4 is 35.0 Å². The van der Waals surface area contributed by atoms with Crippen LogP contribution in [0, 0.1) is 0 Å². The van der Waals surface area contributed by atoms with Crippen LogP contribution in [0.1, 0.15) is 11.1 Å². The van der Waals surface area contributed by atoms with Crippen molar-refractivity contribution in [2.45, 2.75) is 18.1 Å². The van der Waals surface area contributed by atoms with Gasteiger partial charge in [-0.05, 0) is 24.1 Å². The van der Waals surface area contributed by atoms with Crippen molar-refractivity contribution in [3.63, 3.8) is 0 Å². The van der Waals surface area contributed by atoms with Gasteiger partial charge >= 0.3 is 5.69 Å². The van der Waals surface area contributed by atoms with E-state index in [1.807, 2.05) is 30.3 Å². The van der Waals surface area contributed by atoms with Crippen molar-refractivity contribution in [1.82, 2.24) is 24.5 Å². The van der Waals surface area contributed by atoms with Crippen LogP contribution in [0.4, 0.5) is 0 Å². The minimum atomic E-state index is -0.553. The highest BCUT2D eigenvalue weighted by atomic mass is 32.2. The third-order valence-electron chi connectivity index (χ3n) is 5.60. The number of ether oxygens (including phenoxy) is 2. The standard InChI is InChI=1S/C25H26N6O5S/c1-30-22-21(23(33)28-24(30)34)31(12-11-16-7-5-4-6-8-16)25(27-22)37-15-20(32)29-26-14-17-9-10-18(35-2)13-19(17)36-3/h4-10,13-14H,11-12,15H2,1-3H3,(H,29,32)(H,28,33,34)/b26-14-. The number of hydrazone groups is 1. The molecule has 0 radical (unpaired) electrons. The number of benzene rings is 2. The Hall–Kier alpha value is -4.32. The Morgan fingerprint density at radius 1 is 1.16 bits per heavy atom. The Labute approximate surface area is 216 Å². The second-order valence-electron chi connectivity index (χ2n) is 7.96. The minimum Gasteiger partial charge on any atom is -0.497 e. The Morgan fingerprint density at radius 2 is 1.95 bits per heavy atom. The van der Waals surface area contributed by atoms with Crippen molar-refractivity contribution in [1.29, 1.82) is 0 Å². The fourth-order valence-electron chi connectivity index (χ4n) is 3.68. The average molecular weight is 523 g/mol. The first-order valence-corrected chi connectivity index (χ1v) is 12.3. The van der Waals surface area contributed by atoms with Gasteiger partial charge in [0.25, 0.3) is 11.5 Å². The van der Waals surface area contributed by atoms with E-state index in [9.17, 15) is 14.4 Å². The topological polar surface area (TPSA) is 133 Å². The number of fused-ring (bicyclic) bond motifs is 1. The Morgan fingerprint density at radius 3 is 2.68 bits per heavy atom. The van der Waals surface area contributed by atoms with Crippen LogP contribution in [0.5, 0.6) is 11.5 Å². The summed E-state index contributed by atoms with van der Waals surface area (Å²) in [5, 5.41) is 4.46. The molecule has 0 aliphatic heterocycles. The Kier molecular flexibility index (Phi) is 8.08. The van der Waals surface area contributed by atoms with Crippen LogP contribution in [0.3, 0.4) is 0 Å². The molecule has 4 aromatic rings. The monoisotopic (exact) mass is 522 g/mol. The third kappa shape index (κ3) is 5.92. The van der Waals surface area contributed by atoms with Crippen LogP contribution in [0.25, 0.3) is 11.2 Å². The molecule has 2 heterocycles. The molecule has 12 heteroatoms. The number of carbonyl (C=O) groups excluding carboxylic acids is 1. The zero-order valence-electron chi connectivity index (χ0n) is 20.6. The summed E-state index contributed by atoms with van der Waals surface area (Å²) in [5.74, 6) is 0.825. The summed E-state index contributed by atoms with van der Waals surface area (Å²) in [6.45, 7) is 0.446. The second-order valence-corrected chi connectivity index (χ2v) is 8.90. The molecule has 192 valence electrons. The molecule has 0 saturated heterocycles. The zero-order valence-corrected chi connectivity index (χ0v) is 21.4. The van der Waals surface area contributed by atoms with Gasteiger partial charge in [0, 0.05) is 25.2 Å². The molecule has 0 spiro atoms. The van der Waals surface area contributed by atoms with E-state index >= 15 is 0 Å². The number of aromatic amines is 1. The Balaban J connectivity index is 1.50. The highest BCUT2D eigenvalue weighted by molar-refractivity contribution is 7.99. The van der Waals surface area contributed by atoms with E-state index in [0.29, 0.717) is 35.2 Å². The lowest BCUT2D eigenvalue weighted by Crippen LogP contribution is -2.29. The molecule has 37 heavy (non-hydrogen) atoms. The third-order valence-corrected chi connectivity index (χ3v) is 6.58. The molecule has 0 fully saturated rings. The van der Waals surface area contributed by atoms with Crippen molar-refractivity contribution in [2.75, 3.05) is 20.0 Å². The van der Waals surface area contributed by atoms with Gasteiger partial charge in [0.15, 0.2) is 16.3 Å². The first-order chi connectivity index (χ1) is 17.9. The van der Waals surface area contributed by atoms with E-state index in [1.54, 1.807) is 36.9 Å². The number of aryl methyl sites for hydroxylation is 3. The van der Waals surface area contributed by atoms with Crippen molar-refractivity contribution in [2.24, 2.45) is 12.1 Å². The highest BCUT2D eigenvalue weighted by Crippen LogP contribution is 2.24. The summed E-state index contributed by atoms with van der Waals surface area (Å²) < 4.78 is 13.5. The summed E-state index contributed by atoms with van der Waals surface area (Å²) >= 11 is 1.15. The maximum Gasteiger partial charge on any atom is 0.329 e. The summed E-state index contributed by atoms with van der Waals surface area (Å²) in [5.41, 5.74) is 3.71. The first-order valence-electron chi connectivity index (χ1n) is 11.3. The van der Waals surface area contributed by atoms with Crippen LogP contribution in [-0.2, 0) is 24.8 Å². The highest BCUT2D eigenvalue weighted by Gasteiger charge is 2.18. The smallest absolute Gasteiger partial charge is 0.329 e. The maximum atomic E-state index is 12.6. The van der Waals surface area contributed by atoms with Gasteiger partial charge in [0.2, 0.25) is 0 Å². The number of imidazole rings is 1. The van der Waals surface area contributed by atoms with E-state index in [-0.39, 0.29) is 22.8 Å². The van der Waals surface area contributed by atoms with Crippen molar-refractivity contribution < 1.29 is 14.3 Å². The minimum absolute atomic E-state index is 0.00238. The van der Waals surface area contributed by atoms with Crippen LogP contribution < -0.4 is 26.1 Å². The van der Waals surface area contributed by atoms with E-state index in [2.05, 4.69) is 20.5 Å². The molecular weight excluding hydrogens is 496 g/mol. The molecule has 2 aromatic carbocycles. The summed E-state index contributed by atoms with van der Waals surface area (Å²) in [6.07, 6.45) is 2.12. The maximum absolute atomic E-state index is 12.6. The molecule has 0 aliphatic carbocycles. The predicted octanol–water partition coefficient (Wildman–Crippen LogP) is 1.93. The lowest BCUT2D eigenvalue weighted by Gasteiger charge is -2.09. The SMILES string of the molecule is COc1ccc(/C=N\NC(=O)CSc2nc3c(c(=O)[nH]c(=O)n3C)n2CCc2ccccc2)c(OC)c1. The number of rotatable bonds is 10. The van der Waals surface area contributed by atoms with Gasteiger partial charge in [-0.3, -0.25) is 19.1 Å². The molecule has 2 aromatic heterocycles. The molecule has 11 nitrogen and oxygen atoms in total. The van der Waals surface area contributed by atoms with E-state index in [0.717, 1.165) is 17.3 Å². The number of hydrogen-bond donors (Lipinski definition) is 2. The number of amides is 1. The number of hydrogen-bond acceptors (Lipinski definition) is 8. The summed E-state index contributed by atoms with van der Waals surface area (Å²) in [4.78, 5) is 44.1. The number of carbonyl (C=O) groups is 1. The second kappa shape index (κ2) is 11.6. The van der Waals surface area contributed by atoms with Gasteiger partial charge < -0.3 is 14.0 Å². The predicted molar refractivity (Wildman–Crippen MR) is 142 cm³/mol. The summed E-state index contributed by atoms with van der Waals surface area (Å²) in [7, 11) is 4.64. The van der Waals surface area contributed by atoms with E-state index in [1.165, 1.54) is 17.9 Å². The fourth-order valence-corrected chi connectivity index (χ4v) is 4.49. The lowest BCUT2D eigenvalue weighted by molar-refractivity contribution is -0.118. The van der Waals surface area contributed by atoms with Crippen LogP contribution in [-0.4, -0.2) is 51.2 Å². The molecular formula is C25H26N6O5S. The lowest BCUT2D eigenvalue weighted by atomic mass is 10.1. The first kappa shape index (κ1) is 25.8. The largest absolute Gasteiger partial charge is 0.497 e. The number of aromatic nitrogens is 4. The number of nitrogens with one attached hydrogen (secondary N) is 2. The Bertz CT molecular complexity index is 1560. The molecule has 0 bridgehead atoms. The van der Waals surface area contributed by atoms with Crippen LogP contribution in [0.15, 0.2) is 68.4 Å². The average Bonchev–Trinajstić information content (AvgIpc) is 3.29. The summed E-state index contributed by atoms with van der Waals surface area (Å²) in [6, 6.07) is 15.1. The van der Waals surface area contributed by atoms with Gasteiger partial charge in [0.05, 0.1) is 26.2 Å². The molecule has 0 aliphatic rings. The number of thioether (sulfide) groups is 1. The van der Waals surface area contributed by atoms with Crippen molar-refractivity contribution in [3.05, 3.63) is 80.5 Å². The normalized spacial score (nSPS) is 11.2. The van der Waals surface area contributed by atoms with Gasteiger partial charge in [-0.2, -0.15) is 5.10 Å².